The molecule has 1 atom stereocenters. The Bertz CT molecular complexity index is 228. The Morgan fingerprint density at radius 2 is 1.87 bits per heavy atom. The monoisotopic (exact) mass is 218 g/mol. The number of carbonyl (C=O) groups excluding carboxylic acids is 1. The van der Waals surface area contributed by atoms with E-state index < -0.39 is 23.5 Å². The standard InChI is InChI=1S/C10H18O5/c1-10(2,3)15-9(13)7(8(11)12)5-6-14-4/h7H,5-6H2,1-4H3,(H,11,12). The van der Waals surface area contributed by atoms with Crippen LogP contribution < -0.4 is 0 Å². The molecule has 0 aliphatic heterocycles. The third-order valence-corrected chi connectivity index (χ3v) is 1.60. The summed E-state index contributed by atoms with van der Waals surface area (Å²) in [6.07, 6.45) is 0.126. The van der Waals surface area contributed by atoms with E-state index in [0.717, 1.165) is 0 Å². The maximum absolute atomic E-state index is 11.4. The predicted octanol–water partition coefficient (Wildman–Crippen LogP) is 1.07. The second-order valence-corrected chi connectivity index (χ2v) is 4.21. The fraction of sp³-hybridized carbons (Fsp3) is 0.800. The van der Waals surface area contributed by atoms with Gasteiger partial charge in [-0.25, -0.2) is 0 Å². The van der Waals surface area contributed by atoms with E-state index in [-0.39, 0.29) is 13.0 Å². The minimum atomic E-state index is -1.18. The second-order valence-electron chi connectivity index (χ2n) is 4.21. The van der Waals surface area contributed by atoms with E-state index in [4.69, 9.17) is 14.6 Å². The summed E-state index contributed by atoms with van der Waals surface area (Å²) in [6, 6.07) is 0. The minimum Gasteiger partial charge on any atom is -0.481 e. The van der Waals surface area contributed by atoms with Crippen molar-refractivity contribution in [3.8, 4) is 0 Å². The van der Waals surface area contributed by atoms with Crippen molar-refractivity contribution >= 4 is 11.9 Å². The van der Waals surface area contributed by atoms with Gasteiger partial charge in [0, 0.05) is 13.7 Å². The molecule has 0 bridgehead atoms. The van der Waals surface area contributed by atoms with Crippen molar-refractivity contribution in [2.24, 2.45) is 5.92 Å². The summed E-state index contributed by atoms with van der Waals surface area (Å²) in [5.41, 5.74) is -0.669. The number of carboxylic acid groups (broad SMARTS) is 1. The average molecular weight is 218 g/mol. The molecule has 1 unspecified atom stereocenters. The van der Waals surface area contributed by atoms with Gasteiger partial charge in [0.05, 0.1) is 0 Å². The number of methoxy groups -OCH3 is 1. The van der Waals surface area contributed by atoms with Crippen LogP contribution in [-0.4, -0.2) is 36.4 Å². The van der Waals surface area contributed by atoms with Gasteiger partial charge in [-0.1, -0.05) is 0 Å². The minimum absolute atomic E-state index is 0.126. The third kappa shape index (κ3) is 6.06. The Hall–Kier alpha value is -1.10. The summed E-state index contributed by atoms with van der Waals surface area (Å²) in [5, 5.41) is 8.81. The molecule has 88 valence electrons. The fourth-order valence-corrected chi connectivity index (χ4v) is 0.951. The van der Waals surface area contributed by atoms with Gasteiger partial charge in [0.25, 0.3) is 0 Å². The number of rotatable bonds is 5. The summed E-state index contributed by atoms with van der Waals surface area (Å²) < 4.78 is 9.71. The lowest BCUT2D eigenvalue weighted by molar-refractivity contribution is -0.167. The van der Waals surface area contributed by atoms with Gasteiger partial charge >= 0.3 is 11.9 Å². The van der Waals surface area contributed by atoms with Gasteiger partial charge in [-0.15, -0.1) is 0 Å². The SMILES string of the molecule is COCCC(C(=O)O)C(=O)OC(C)(C)C. The molecule has 1 N–H and O–H groups in total. The smallest absolute Gasteiger partial charge is 0.320 e. The molecular weight excluding hydrogens is 200 g/mol. The summed E-state index contributed by atoms with van der Waals surface area (Å²) in [6.45, 7) is 5.30. The first-order valence-electron chi connectivity index (χ1n) is 4.72. The van der Waals surface area contributed by atoms with E-state index >= 15 is 0 Å². The van der Waals surface area contributed by atoms with Crippen molar-refractivity contribution in [1.82, 2.24) is 0 Å². The molecule has 0 fully saturated rings. The highest BCUT2D eigenvalue weighted by Gasteiger charge is 2.30. The number of hydrogen-bond acceptors (Lipinski definition) is 4. The molecule has 0 amide bonds. The number of hydrogen-bond donors (Lipinski definition) is 1. The van der Waals surface area contributed by atoms with Gasteiger partial charge in [-0.05, 0) is 27.2 Å². The molecule has 15 heavy (non-hydrogen) atoms. The molecular formula is C10H18O5. The molecule has 0 heterocycles. The van der Waals surface area contributed by atoms with Crippen LogP contribution >= 0.6 is 0 Å². The normalized spacial score (nSPS) is 13.3. The lowest BCUT2D eigenvalue weighted by Gasteiger charge is -2.22. The van der Waals surface area contributed by atoms with Crippen molar-refractivity contribution in [2.45, 2.75) is 32.8 Å². The van der Waals surface area contributed by atoms with E-state index in [9.17, 15) is 9.59 Å². The molecule has 0 saturated heterocycles. The van der Waals surface area contributed by atoms with Crippen molar-refractivity contribution in [3.05, 3.63) is 0 Å². The van der Waals surface area contributed by atoms with Gasteiger partial charge < -0.3 is 14.6 Å². The molecule has 5 heteroatoms. The van der Waals surface area contributed by atoms with Crippen LogP contribution in [0.2, 0.25) is 0 Å². The number of ether oxygens (including phenoxy) is 2. The van der Waals surface area contributed by atoms with Crippen LogP contribution in [-0.2, 0) is 19.1 Å². The zero-order chi connectivity index (χ0) is 12.1. The highest BCUT2D eigenvalue weighted by molar-refractivity contribution is 5.94. The van der Waals surface area contributed by atoms with E-state index in [0.29, 0.717) is 0 Å². The molecule has 5 nitrogen and oxygen atoms in total. The van der Waals surface area contributed by atoms with Crippen LogP contribution in [0, 0.1) is 5.92 Å². The fourth-order valence-electron chi connectivity index (χ4n) is 0.951. The van der Waals surface area contributed by atoms with E-state index in [2.05, 4.69) is 0 Å². The third-order valence-electron chi connectivity index (χ3n) is 1.60. The summed E-state index contributed by atoms with van der Waals surface area (Å²) >= 11 is 0. The second kappa shape index (κ2) is 5.70. The first kappa shape index (κ1) is 13.9. The summed E-state index contributed by atoms with van der Waals surface area (Å²) in [4.78, 5) is 22.2. The Morgan fingerprint density at radius 1 is 1.33 bits per heavy atom. The molecule has 0 aromatic carbocycles. The summed E-state index contributed by atoms with van der Waals surface area (Å²) in [7, 11) is 1.45. The van der Waals surface area contributed by atoms with Crippen LogP contribution in [0.3, 0.4) is 0 Å². The lowest BCUT2D eigenvalue weighted by Crippen LogP contribution is -2.33. The molecule has 0 aromatic heterocycles. The Morgan fingerprint density at radius 3 is 2.20 bits per heavy atom. The summed E-state index contributed by atoms with van der Waals surface area (Å²) in [5.74, 6) is -3.04. The van der Waals surface area contributed by atoms with E-state index in [1.807, 2.05) is 0 Å². The van der Waals surface area contributed by atoms with Crippen LogP contribution in [0.1, 0.15) is 27.2 Å². The van der Waals surface area contributed by atoms with Gasteiger partial charge in [-0.3, -0.25) is 9.59 Å². The lowest BCUT2D eigenvalue weighted by atomic mass is 10.1. The van der Waals surface area contributed by atoms with E-state index in [1.165, 1.54) is 7.11 Å². The largest absolute Gasteiger partial charge is 0.481 e. The number of aliphatic carboxylic acids is 1. The molecule has 0 aliphatic carbocycles. The van der Waals surface area contributed by atoms with Crippen LogP contribution in [0.25, 0.3) is 0 Å². The molecule has 0 radical (unpaired) electrons. The van der Waals surface area contributed by atoms with E-state index in [1.54, 1.807) is 20.8 Å². The van der Waals surface area contributed by atoms with Crippen molar-refractivity contribution in [2.75, 3.05) is 13.7 Å². The van der Waals surface area contributed by atoms with Gasteiger partial charge in [0.1, 0.15) is 5.60 Å². The molecule has 0 saturated carbocycles. The van der Waals surface area contributed by atoms with Crippen molar-refractivity contribution in [3.63, 3.8) is 0 Å². The van der Waals surface area contributed by atoms with Gasteiger partial charge in [0.2, 0.25) is 0 Å². The molecule has 0 aliphatic rings. The Kier molecular flexibility index (Phi) is 5.28. The number of carboxylic acids is 1. The van der Waals surface area contributed by atoms with Crippen molar-refractivity contribution < 1.29 is 24.2 Å². The average Bonchev–Trinajstić information content (AvgIpc) is 2.00. The molecule has 0 spiro atoms. The van der Waals surface area contributed by atoms with Gasteiger partial charge in [0.15, 0.2) is 5.92 Å². The highest BCUT2D eigenvalue weighted by Crippen LogP contribution is 2.14. The Labute approximate surface area is 89.4 Å². The first-order chi connectivity index (χ1) is 6.78. The topological polar surface area (TPSA) is 72.8 Å². The zero-order valence-corrected chi connectivity index (χ0v) is 9.57. The maximum atomic E-state index is 11.4. The zero-order valence-electron chi connectivity index (χ0n) is 9.57. The van der Waals surface area contributed by atoms with Crippen LogP contribution in [0.15, 0.2) is 0 Å². The molecule has 0 aromatic rings. The Balaban J connectivity index is 4.36. The predicted molar refractivity (Wildman–Crippen MR) is 53.5 cm³/mol. The highest BCUT2D eigenvalue weighted by atomic mass is 16.6. The van der Waals surface area contributed by atoms with Gasteiger partial charge in [-0.2, -0.15) is 0 Å². The molecule has 0 rings (SSSR count). The van der Waals surface area contributed by atoms with Crippen LogP contribution in [0.5, 0.6) is 0 Å². The quantitative estimate of drug-likeness (QED) is 0.552. The van der Waals surface area contributed by atoms with Crippen molar-refractivity contribution in [1.29, 1.82) is 0 Å². The first-order valence-corrected chi connectivity index (χ1v) is 4.72. The van der Waals surface area contributed by atoms with Crippen LogP contribution in [0.4, 0.5) is 0 Å². The number of carbonyl (C=O) groups is 2. The number of esters is 1. The maximum Gasteiger partial charge on any atom is 0.320 e.